The molecule has 2 fully saturated rings. The van der Waals surface area contributed by atoms with Crippen LogP contribution in [0.4, 0.5) is 11.4 Å². The van der Waals surface area contributed by atoms with E-state index < -0.39 is 21.8 Å². The minimum absolute atomic E-state index is 0.0126. The van der Waals surface area contributed by atoms with Gasteiger partial charge in [-0.15, -0.1) is 0 Å². The number of Topliss-reactive ketones (excluding diaryl/α,β-unsaturated/α-hetero) is 2. The Morgan fingerprint density at radius 1 is 0.597 bits per heavy atom. The van der Waals surface area contributed by atoms with E-state index >= 15 is 0 Å². The number of nitro groups is 2. The number of nitrogens with zero attached hydrogens (tertiary/aromatic N) is 4. The molecule has 4 aromatic carbocycles. The van der Waals surface area contributed by atoms with E-state index in [0.29, 0.717) is 41.5 Å². The van der Waals surface area contributed by atoms with Crippen molar-refractivity contribution in [2.75, 3.05) is 0 Å². The van der Waals surface area contributed by atoms with Crippen LogP contribution in [-0.4, -0.2) is 44.8 Å². The van der Waals surface area contributed by atoms with Crippen LogP contribution in [0.1, 0.15) is 123 Å². The van der Waals surface area contributed by atoms with Crippen LogP contribution in [0, 0.1) is 32.1 Å². The van der Waals surface area contributed by atoms with E-state index in [2.05, 4.69) is 10.3 Å². The Hall–Kier alpha value is -6.70. The zero-order valence-electron chi connectivity index (χ0n) is 34.8. The summed E-state index contributed by atoms with van der Waals surface area (Å²) < 4.78 is 0. The average Bonchev–Trinajstić information content (AvgIpc) is 3.30. The number of rotatable bonds is 18. The standard InChI is InChI=1S/C48H50N4O10/c1-2-10-43(53)61-49-45(36-12-5-3-6-13-36)48(56)39-24-20-35(21-25-39)41-31-32(17-30-42(41)52(59)60)11-9-16-44(54)62-50-46(37-14-7-4-8-15-37)47(55)38-22-18-33(19-23-38)34-26-28-40(29-27-34)51(57)58/h17-31,36-37H,2-16H2,1H3/b49-45-,50-46-. The Morgan fingerprint density at radius 3 is 1.53 bits per heavy atom. The molecule has 14 heteroatoms. The molecule has 62 heavy (non-hydrogen) atoms. The summed E-state index contributed by atoms with van der Waals surface area (Å²) in [6.07, 6.45) is 10.4. The largest absolute Gasteiger partial charge is 0.335 e. The Morgan fingerprint density at radius 2 is 1.06 bits per heavy atom. The van der Waals surface area contributed by atoms with Gasteiger partial charge in [-0.2, -0.15) is 0 Å². The van der Waals surface area contributed by atoms with Gasteiger partial charge in [0.2, 0.25) is 11.6 Å². The van der Waals surface area contributed by atoms with Gasteiger partial charge in [0.05, 0.1) is 15.4 Å². The minimum Gasteiger partial charge on any atom is -0.318 e. The normalized spacial score (nSPS) is 15.1. The first-order valence-corrected chi connectivity index (χ1v) is 21.4. The van der Waals surface area contributed by atoms with Crippen LogP contribution in [0.5, 0.6) is 0 Å². The Balaban J connectivity index is 1.11. The minimum atomic E-state index is -0.613. The number of ketones is 2. The van der Waals surface area contributed by atoms with Crippen LogP contribution in [-0.2, 0) is 25.7 Å². The summed E-state index contributed by atoms with van der Waals surface area (Å²) in [5, 5.41) is 31.3. The maximum atomic E-state index is 13.8. The maximum absolute atomic E-state index is 13.8. The van der Waals surface area contributed by atoms with E-state index in [9.17, 15) is 39.4 Å². The Labute approximate surface area is 359 Å². The van der Waals surface area contributed by atoms with Gasteiger partial charge in [0.25, 0.3) is 11.4 Å². The van der Waals surface area contributed by atoms with Crippen molar-refractivity contribution in [3.05, 3.63) is 128 Å². The number of non-ortho nitro benzene ring substituents is 1. The third-order valence-electron chi connectivity index (χ3n) is 11.5. The number of oxime groups is 2. The van der Waals surface area contributed by atoms with Crippen molar-refractivity contribution in [3.63, 3.8) is 0 Å². The summed E-state index contributed by atoms with van der Waals surface area (Å²) in [5.41, 5.74) is 4.15. The van der Waals surface area contributed by atoms with Gasteiger partial charge in [0, 0.05) is 54.0 Å². The summed E-state index contributed by atoms with van der Waals surface area (Å²) in [6.45, 7) is 1.85. The number of benzene rings is 4. The number of carbonyl (C=O) groups excluding carboxylic acids is 4. The molecule has 0 bridgehead atoms. The highest BCUT2D eigenvalue weighted by Crippen LogP contribution is 2.33. The molecule has 0 saturated heterocycles. The summed E-state index contributed by atoms with van der Waals surface area (Å²) in [6, 6.07) is 24.3. The van der Waals surface area contributed by atoms with Gasteiger partial charge in [-0.25, -0.2) is 9.59 Å². The monoisotopic (exact) mass is 842 g/mol. The van der Waals surface area contributed by atoms with Crippen LogP contribution in [0.15, 0.2) is 101 Å². The van der Waals surface area contributed by atoms with Crippen molar-refractivity contribution in [1.82, 2.24) is 0 Å². The second-order valence-corrected chi connectivity index (χ2v) is 15.9. The number of carbonyl (C=O) groups is 4. The van der Waals surface area contributed by atoms with Crippen LogP contribution in [0.25, 0.3) is 22.3 Å². The van der Waals surface area contributed by atoms with Gasteiger partial charge >= 0.3 is 11.9 Å². The molecule has 6 rings (SSSR count). The predicted molar refractivity (Wildman–Crippen MR) is 234 cm³/mol. The van der Waals surface area contributed by atoms with Gasteiger partial charge in [-0.1, -0.05) is 110 Å². The molecule has 322 valence electrons. The number of aryl methyl sites for hydroxylation is 1. The molecule has 0 atom stereocenters. The smallest absolute Gasteiger partial charge is 0.318 e. The van der Waals surface area contributed by atoms with Gasteiger partial charge in [-0.05, 0) is 85.4 Å². The van der Waals surface area contributed by atoms with Gasteiger partial charge in [-0.3, -0.25) is 29.8 Å². The highest BCUT2D eigenvalue weighted by molar-refractivity contribution is 6.47. The maximum Gasteiger partial charge on any atom is 0.335 e. The number of hydrogen-bond acceptors (Lipinski definition) is 12. The number of hydrogen-bond donors (Lipinski definition) is 0. The fourth-order valence-electron chi connectivity index (χ4n) is 8.10. The van der Waals surface area contributed by atoms with Gasteiger partial charge in [0.15, 0.2) is 0 Å². The summed E-state index contributed by atoms with van der Waals surface area (Å²) in [5.74, 6) is -2.08. The fourth-order valence-corrected chi connectivity index (χ4v) is 8.10. The molecule has 0 N–H and O–H groups in total. The lowest BCUT2D eigenvalue weighted by Crippen LogP contribution is -2.27. The van der Waals surface area contributed by atoms with E-state index in [1.807, 2.05) is 6.92 Å². The van der Waals surface area contributed by atoms with Crippen LogP contribution < -0.4 is 0 Å². The zero-order valence-corrected chi connectivity index (χ0v) is 34.8. The molecule has 0 aromatic heterocycles. The molecular weight excluding hydrogens is 793 g/mol. The molecule has 0 aliphatic heterocycles. The first-order valence-electron chi connectivity index (χ1n) is 21.4. The van der Waals surface area contributed by atoms with Gasteiger partial charge in [0.1, 0.15) is 11.4 Å². The van der Waals surface area contributed by atoms with E-state index in [-0.39, 0.29) is 59.0 Å². The van der Waals surface area contributed by atoms with E-state index in [0.717, 1.165) is 80.9 Å². The van der Waals surface area contributed by atoms with Crippen molar-refractivity contribution in [1.29, 1.82) is 0 Å². The summed E-state index contributed by atoms with van der Waals surface area (Å²) in [7, 11) is 0. The average molecular weight is 843 g/mol. The Kier molecular flexibility index (Phi) is 15.7. The van der Waals surface area contributed by atoms with Crippen molar-refractivity contribution in [2.45, 2.75) is 103 Å². The lowest BCUT2D eigenvalue weighted by molar-refractivity contribution is -0.384. The summed E-state index contributed by atoms with van der Waals surface area (Å²) >= 11 is 0. The quantitative estimate of drug-likeness (QED) is 0.0305. The zero-order chi connectivity index (χ0) is 44.0. The lowest BCUT2D eigenvalue weighted by Gasteiger charge is -2.22. The second kappa shape index (κ2) is 21.7. The highest BCUT2D eigenvalue weighted by Gasteiger charge is 2.29. The molecule has 0 spiro atoms. The van der Waals surface area contributed by atoms with Crippen LogP contribution in [0.2, 0.25) is 0 Å². The van der Waals surface area contributed by atoms with Crippen molar-refractivity contribution < 1.29 is 38.7 Å². The SMILES string of the molecule is CCCC(=O)O/N=C(\C(=O)c1ccc(-c2cc(CCCC(=O)O/N=C(\C(=O)c3ccc(-c4ccc([N+](=O)[O-])cc4)cc3)C3CCCCC3)ccc2[N+](=O)[O-])cc1)C1CCCCC1. The Bertz CT molecular complexity index is 2320. The fraction of sp³-hybridized carbons (Fsp3) is 0.375. The van der Waals surface area contributed by atoms with E-state index in [1.165, 1.54) is 18.2 Å². The molecule has 0 amide bonds. The molecule has 0 unspecified atom stereocenters. The second-order valence-electron chi connectivity index (χ2n) is 15.9. The molecule has 4 aromatic rings. The number of nitro benzene ring substituents is 2. The topological polar surface area (TPSA) is 198 Å². The molecular formula is C48H50N4O10. The van der Waals surface area contributed by atoms with Gasteiger partial charge < -0.3 is 9.68 Å². The first kappa shape index (κ1) is 44.8. The predicted octanol–water partition coefficient (Wildman–Crippen LogP) is 11.0. The first-order chi connectivity index (χ1) is 30.0. The van der Waals surface area contributed by atoms with Crippen molar-refractivity contribution in [3.8, 4) is 22.3 Å². The molecule has 2 aliphatic carbocycles. The molecule has 2 aliphatic rings. The highest BCUT2D eigenvalue weighted by atomic mass is 16.7. The van der Waals surface area contributed by atoms with Crippen LogP contribution >= 0.6 is 0 Å². The van der Waals surface area contributed by atoms with E-state index in [4.69, 9.17) is 9.68 Å². The third-order valence-corrected chi connectivity index (χ3v) is 11.5. The lowest BCUT2D eigenvalue weighted by atomic mass is 9.83. The van der Waals surface area contributed by atoms with Crippen molar-refractivity contribution in [2.24, 2.45) is 22.1 Å². The van der Waals surface area contributed by atoms with Crippen molar-refractivity contribution >= 4 is 46.3 Å². The molecule has 0 radical (unpaired) electrons. The van der Waals surface area contributed by atoms with E-state index in [1.54, 1.807) is 72.8 Å². The third kappa shape index (κ3) is 11.8. The molecule has 14 nitrogen and oxygen atoms in total. The molecule has 2 saturated carbocycles. The van der Waals surface area contributed by atoms with Crippen LogP contribution in [0.3, 0.4) is 0 Å². The molecule has 0 heterocycles. The summed E-state index contributed by atoms with van der Waals surface area (Å²) in [4.78, 5) is 85.2.